The number of carbonyl (C=O) groups excluding carboxylic acids is 1. The third kappa shape index (κ3) is 5.76. The zero-order valence-electron chi connectivity index (χ0n) is 12.8. The smallest absolute Gasteiger partial charge is 0.236 e. The molecule has 0 saturated carbocycles. The Hall–Kier alpha value is -0.660. The Morgan fingerprint density at radius 3 is 2.50 bits per heavy atom. The summed E-state index contributed by atoms with van der Waals surface area (Å²) in [6.45, 7) is 7.02. The van der Waals surface area contributed by atoms with E-state index in [1.165, 1.54) is 0 Å². The Kier molecular flexibility index (Phi) is 5.97. The Labute approximate surface area is 121 Å². The van der Waals surface area contributed by atoms with E-state index < -0.39 is 9.84 Å². The van der Waals surface area contributed by atoms with E-state index >= 15 is 0 Å². The van der Waals surface area contributed by atoms with Crippen LogP contribution >= 0.6 is 0 Å². The zero-order valence-corrected chi connectivity index (χ0v) is 13.6. The van der Waals surface area contributed by atoms with E-state index in [0.29, 0.717) is 19.6 Å². The van der Waals surface area contributed by atoms with Gasteiger partial charge in [0.2, 0.25) is 5.91 Å². The van der Waals surface area contributed by atoms with Crippen molar-refractivity contribution in [1.29, 1.82) is 0 Å². The molecule has 0 spiro atoms. The number of methoxy groups -OCH3 is 1. The van der Waals surface area contributed by atoms with Crippen molar-refractivity contribution in [3.8, 4) is 0 Å². The van der Waals surface area contributed by atoms with Crippen LogP contribution in [0.15, 0.2) is 0 Å². The van der Waals surface area contributed by atoms with E-state index in [4.69, 9.17) is 4.74 Å². The molecule has 1 unspecified atom stereocenters. The van der Waals surface area contributed by atoms with Crippen LogP contribution in [0, 0.1) is 0 Å². The van der Waals surface area contributed by atoms with E-state index in [9.17, 15) is 13.2 Å². The summed E-state index contributed by atoms with van der Waals surface area (Å²) in [6, 6.07) is -0.218. The topological polar surface area (TPSA) is 75.7 Å². The predicted molar refractivity (Wildman–Crippen MR) is 78.4 cm³/mol. The molecule has 20 heavy (non-hydrogen) atoms. The van der Waals surface area contributed by atoms with Gasteiger partial charge in [0.15, 0.2) is 9.84 Å². The molecule has 1 saturated heterocycles. The Morgan fingerprint density at radius 1 is 1.40 bits per heavy atom. The minimum atomic E-state index is -3.00. The molecule has 1 aliphatic heterocycles. The van der Waals surface area contributed by atoms with Gasteiger partial charge in [0.1, 0.15) is 0 Å². The molecule has 0 aliphatic carbocycles. The summed E-state index contributed by atoms with van der Waals surface area (Å²) in [7, 11) is -1.43. The molecule has 1 aliphatic rings. The van der Waals surface area contributed by atoms with Gasteiger partial charge in [-0.25, -0.2) is 8.42 Å². The van der Waals surface area contributed by atoms with Gasteiger partial charge in [-0.3, -0.25) is 4.79 Å². The Morgan fingerprint density at radius 2 is 2.05 bits per heavy atom. The predicted octanol–water partition coefficient (Wildman–Crippen LogP) is 0.0366. The van der Waals surface area contributed by atoms with Crippen LogP contribution in [0.25, 0.3) is 0 Å². The van der Waals surface area contributed by atoms with Gasteiger partial charge in [0.25, 0.3) is 0 Å². The van der Waals surface area contributed by atoms with Crippen LogP contribution in [-0.4, -0.2) is 69.1 Å². The molecule has 0 aromatic rings. The lowest BCUT2D eigenvalue weighted by atomic mass is 10.1. The minimum absolute atomic E-state index is 0.0674. The van der Waals surface area contributed by atoms with Crippen LogP contribution in [0.4, 0.5) is 0 Å². The number of ether oxygens (including phenoxy) is 1. The fraction of sp³-hybridized carbons (Fsp3) is 0.923. The molecule has 1 N–H and O–H groups in total. The van der Waals surface area contributed by atoms with Crippen LogP contribution in [0.3, 0.4) is 0 Å². The number of amides is 1. The zero-order chi connectivity index (χ0) is 15.4. The van der Waals surface area contributed by atoms with Crippen LogP contribution < -0.4 is 5.32 Å². The van der Waals surface area contributed by atoms with E-state index in [1.807, 2.05) is 20.8 Å². The normalized spacial score (nSPS) is 21.9. The molecule has 1 rings (SSSR count). The first kappa shape index (κ1) is 17.4. The molecule has 0 bridgehead atoms. The number of nitrogens with one attached hydrogen (secondary N) is 1. The van der Waals surface area contributed by atoms with Crippen molar-refractivity contribution in [2.75, 3.05) is 38.3 Å². The molecule has 0 aromatic heterocycles. The summed E-state index contributed by atoms with van der Waals surface area (Å²) in [5, 5.41) is 3.14. The van der Waals surface area contributed by atoms with E-state index in [0.717, 1.165) is 0 Å². The van der Waals surface area contributed by atoms with Crippen LogP contribution in [0.1, 0.15) is 27.2 Å². The number of hydrogen-bond donors (Lipinski definition) is 1. The maximum Gasteiger partial charge on any atom is 0.236 e. The van der Waals surface area contributed by atoms with Gasteiger partial charge in [-0.15, -0.1) is 0 Å². The average Bonchev–Trinajstić information content (AvgIpc) is 2.66. The van der Waals surface area contributed by atoms with Crippen molar-refractivity contribution in [3.05, 3.63) is 0 Å². The molecule has 1 amide bonds. The molecule has 118 valence electrons. The molecule has 7 heteroatoms. The average molecular weight is 306 g/mol. The van der Waals surface area contributed by atoms with Gasteiger partial charge in [-0.2, -0.15) is 0 Å². The highest BCUT2D eigenvalue weighted by atomic mass is 32.2. The number of sulfone groups is 1. The van der Waals surface area contributed by atoms with Gasteiger partial charge < -0.3 is 15.0 Å². The second-order valence-corrected chi connectivity index (χ2v) is 8.47. The van der Waals surface area contributed by atoms with E-state index in [1.54, 1.807) is 12.0 Å². The first-order valence-electron chi connectivity index (χ1n) is 6.88. The Balaban J connectivity index is 2.66. The van der Waals surface area contributed by atoms with Crippen molar-refractivity contribution >= 4 is 15.7 Å². The lowest BCUT2D eigenvalue weighted by Gasteiger charge is -2.30. The van der Waals surface area contributed by atoms with Gasteiger partial charge in [0.05, 0.1) is 24.7 Å². The largest absolute Gasteiger partial charge is 0.383 e. The molecular formula is C13H26N2O4S. The number of nitrogens with zero attached hydrogens (tertiary/aromatic N) is 1. The summed E-state index contributed by atoms with van der Waals surface area (Å²) >= 11 is 0. The molecule has 0 radical (unpaired) electrons. The first-order valence-corrected chi connectivity index (χ1v) is 8.70. The maximum absolute atomic E-state index is 12.3. The van der Waals surface area contributed by atoms with Crippen LogP contribution in [0.2, 0.25) is 0 Å². The SMILES string of the molecule is COCCN(C(=O)CNC(C)(C)C)C1CCS(=O)(=O)C1. The maximum atomic E-state index is 12.3. The van der Waals surface area contributed by atoms with Crippen LogP contribution in [-0.2, 0) is 19.4 Å². The lowest BCUT2D eigenvalue weighted by molar-refractivity contribution is -0.133. The monoisotopic (exact) mass is 306 g/mol. The highest BCUT2D eigenvalue weighted by Gasteiger charge is 2.34. The fourth-order valence-electron chi connectivity index (χ4n) is 2.16. The van der Waals surface area contributed by atoms with Crippen LogP contribution in [0.5, 0.6) is 0 Å². The van der Waals surface area contributed by atoms with Crippen molar-refractivity contribution in [2.45, 2.75) is 38.8 Å². The molecule has 1 atom stereocenters. The molecule has 1 fully saturated rings. The summed E-state index contributed by atoms with van der Waals surface area (Å²) < 4.78 is 28.2. The van der Waals surface area contributed by atoms with Gasteiger partial charge in [0, 0.05) is 25.2 Å². The van der Waals surface area contributed by atoms with E-state index in [-0.39, 0.29) is 35.5 Å². The van der Waals surface area contributed by atoms with Gasteiger partial charge >= 0.3 is 0 Å². The van der Waals surface area contributed by atoms with E-state index in [2.05, 4.69) is 5.32 Å². The second kappa shape index (κ2) is 6.87. The lowest BCUT2D eigenvalue weighted by Crippen LogP contribution is -2.49. The fourth-order valence-corrected chi connectivity index (χ4v) is 3.89. The summed E-state index contributed by atoms with van der Waals surface area (Å²) in [5.41, 5.74) is -0.148. The van der Waals surface area contributed by atoms with Gasteiger partial charge in [-0.1, -0.05) is 0 Å². The number of hydrogen-bond acceptors (Lipinski definition) is 5. The standard InChI is InChI=1S/C13H26N2O4S/c1-13(2,3)14-9-12(16)15(6-7-19-4)11-5-8-20(17,18)10-11/h11,14H,5-10H2,1-4H3. The molecule has 0 aromatic carbocycles. The first-order chi connectivity index (χ1) is 9.14. The number of rotatable bonds is 6. The quantitative estimate of drug-likeness (QED) is 0.750. The minimum Gasteiger partial charge on any atom is -0.383 e. The van der Waals surface area contributed by atoms with Crippen molar-refractivity contribution < 1.29 is 17.9 Å². The van der Waals surface area contributed by atoms with Crippen molar-refractivity contribution in [1.82, 2.24) is 10.2 Å². The summed E-state index contributed by atoms with van der Waals surface area (Å²) in [5.74, 6) is 0.165. The van der Waals surface area contributed by atoms with Crippen molar-refractivity contribution in [3.63, 3.8) is 0 Å². The molecular weight excluding hydrogens is 280 g/mol. The summed E-state index contributed by atoms with van der Waals surface area (Å²) in [6.07, 6.45) is 0.521. The third-order valence-corrected chi connectivity index (χ3v) is 5.03. The highest BCUT2D eigenvalue weighted by Crippen LogP contribution is 2.18. The summed E-state index contributed by atoms with van der Waals surface area (Å²) in [4.78, 5) is 14.0. The third-order valence-electron chi connectivity index (χ3n) is 3.28. The molecule has 6 nitrogen and oxygen atoms in total. The van der Waals surface area contributed by atoms with Gasteiger partial charge in [-0.05, 0) is 27.2 Å². The highest BCUT2D eigenvalue weighted by molar-refractivity contribution is 7.91. The molecule has 1 heterocycles. The second-order valence-electron chi connectivity index (χ2n) is 6.24. The van der Waals surface area contributed by atoms with Crippen molar-refractivity contribution in [2.24, 2.45) is 0 Å². The number of carbonyl (C=O) groups is 1. The Bertz CT molecular complexity index is 428.